The summed E-state index contributed by atoms with van der Waals surface area (Å²) in [4.78, 5) is 40.0. The predicted molar refractivity (Wildman–Crippen MR) is 69.7 cm³/mol. The van der Waals surface area contributed by atoms with Crippen molar-refractivity contribution in [1.29, 1.82) is 0 Å². The van der Waals surface area contributed by atoms with Gasteiger partial charge in [0.05, 0.1) is 25.4 Å². The molecule has 2 fully saturated rings. The normalized spacial score (nSPS) is 23.1. The molecule has 2 heterocycles. The fourth-order valence-corrected chi connectivity index (χ4v) is 2.83. The van der Waals surface area contributed by atoms with E-state index >= 15 is 0 Å². The number of piperazine rings is 1. The summed E-state index contributed by atoms with van der Waals surface area (Å²) in [6, 6.07) is -0.945. The number of urea groups is 1. The molecule has 2 rings (SSSR count). The summed E-state index contributed by atoms with van der Waals surface area (Å²) in [5.41, 5.74) is 0. The average molecular weight is 287 g/mol. The highest BCUT2D eigenvalue weighted by molar-refractivity contribution is 7.99. The lowest BCUT2D eigenvalue weighted by Gasteiger charge is -2.35. The molecular weight excluding hydrogens is 270 g/mol. The summed E-state index contributed by atoms with van der Waals surface area (Å²) in [6.07, 6.45) is 1.85. The quantitative estimate of drug-likeness (QED) is 0.658. The highest BCUT2D eigenvalue weighted by Gasteiger charge is 2.47. The van der Waals surface area contributed by atoms with E-state index < -0.39 is 6.04 Å². The van der Waals surface area contributed by atoms with E-state index in [2.05, 4.69) is 0 Å². The Morgan fingerprint density at radius 1 is 1.42 bits per heavy atom. The van der Waals surface area contributed by atoms with E-state index in [0.29, 0.717) is 18.8 Å². The molecule has 1 N–H and O–H groups in total. The molecule has 0 aromatic carbocycles. The first-order valence-corrected chi connectivity index (χ1v) is 7.49. The molecule has 19 heavy (non-hydrogen) atoms. The van der Waals surface area contributed by atoms with Gasteiger partial charge in [-0.05, 0) is 6.26 Å². The van der Waals surface area contributed by atoms with Gasteiger partial charge in [-0.15, -0.1) is 0 Å². The van der Waals surface area contributed by atoms with Gasteiger partial charge < -0.3 is 14.9 Å². The van der Waals surface area contributed by atoms with Crippen molar-refractivity contribution in [1.82, 2.24) is 14.7 Å². The minimum absolute atomic E-state index is 0.00647. The van der Waals surface area contributed by atoms with Crippen LogP contribution in [0.1, 0.15) is 0 Å². The zero-order valence-corrected chi connectivity index (χ0v) is 11.6. The molecule has 2 aliphatic rings. The van der Waals surface area contributed by atoms with Gasteiger partial charge in [-0.25, -0.2) is 4.79 Å². The summed E-state index contributed by atoms with van der Waals surface area (Å²) in [5.74, 6) is 0.0589. The molecule has 0 spiro atoms. The van der Waals surface area contributed by atoms with Crippen LogP contribution in [0, 0.1) is 0 Å². The molecule has 7 nitrogen and oxygen atoms in total. The van der Waals surface area contributed by atoms with Gasteiger partial charge in [0.15, 0.2) is 0 Å². The van der Waals surface area contributed by atoms with Gasteiger partial charge in [-0.3, -0.25) is 14.5 Å². The van der Waals surface area contributed by atoms with Crippen LogP contribution in [0.2, 0.25) is 0 Å². The number of carbonyl (C=O) groups excluding carboxylic acids is 3. The lowest BCUT2D eigenvalue weighted by atomic mass is 10.2. The van der Waals surface area contributed by atoms with E-state index in [4.69, 9.17) is 5.11 Å². The number of thioether (sulfide) groups is 1. The number of amides is 4. The molecule has 2 saturated heterocycles. The van der Waals surface area contributed by atoms with Crippen LogP contribution in [-0.2, 0) is 9.59 Å². The molecule has 0 saturated carbocycles. The molecule has 2 aliphatic heterocycles. The van der Waals surface area contributed by atoms with Crippen LogP contribution in [0.15, 0.2) is 0 Å². The molecule has 106 valence electrons. The smallest absolute Gasteiger partial charge is 0.327 e. The first-order valence-electron chi connectivity index (χ1n) is 6.09. The topological polar surface area (TPSA) is 81.2 Å². The van der Waals surface area contributed by atoms with Crippen molar-refractivity contribution in [2.45, 2.75) is 6.04 Å². The number of carbonyl (C=O) groups is 3. The largest absolute Gasteiger partial charge is 0.395 e. The van der Waals surface area contributed by atoms with Crippen LogP contribution in [0.5, 0.6) is 0 Å². The predicted octanol–water partition coefficient (Wildman–Crippen LogP) is -1.18. The third kappa shape index (κ3) is 2.55. The maximum atomic E-state index is 12.1. The fraction of sp³-hybridized carbons (Fsp3) is 0.727. The number of β-amino-alcohol motifs (C(OH)–C–C–N with tert-alkyl or cyclic N) is 1. The maximum absolute atomic E-state index is 12.1. The molecule has 0 aromatic rings. The first-order chi connectivity index (χ1) is 9.10. The van der Waals surface area contributed by atoms with Gasteiger partial charge in [0.2, 0.25) is 5.91 Å². The third-order valence-electron chi connectivity index (χ3n) is 3.35. The van der Waals surface area contributed by atoms with E-state index in [-0.39, 0.29) is 37.5 Å². The van der Waals surface area contributed by atoms with Crippen molar-refractivity contribution in [2.75, 3.05) is 44.8 Å². The number of fused-ring (bicyclic) bond motifs is 1. The van der Waals surface area contributed by atoms with Gasteiger partial charge in [0.25, 0.3) is 5.91 Å². The zero-order chi connectivity index (χ0) is 14.0. The Kier molecular flexibility index (Phi) is 4.31. The Morgan fingerprint density at radius 3 is 2.79 bits per heavy atom. The Bertz CT molecular complexity index is 403. The Labute approximate surface area is 115 Å². The second-order valence-electron chi connectivity index (χ2n) is 4.48. The molecule has 0 aromatic heterocycles. The maximum Gasteiger partial charge on any atom is 0.327 e. The van der Waals surface area contributed by atoms with Gasteiger partial charge in [-0.1, -0.05) is 0 Å². The van der Waals surface area contributed by atoms with E-state index in [1.54, 1.807) is 4.90 Å². The highest BCUT2D eigenvalue weighted by Crippen LogP contribution is 2.22. The monoisotopic (exact) mass is 287 g/mol. The molecule has 0 aliphatic carbocycles. The Balaban J connectivity index is 2.06. The fourth-order valence-electron chi connectivity index (χ4n) is 2.40. The summed E-state index contributed by atoms with van der Waals surface area (Å²) in [6.45, 7) is 0.863. The minimum atomic E-state index is -0.585. The zero-order valence-electron chi connectivity index (χ0n) is 10.7. The molecule has 1 atom stereocenters. The van der Waals surface area contributed by atoms with Crippen molar-refractivity contribution >= 4 is 29.6 Å². The SMILES string of the molecule is CSCC(=O)N1CCN2C(=O)N(CCO)C(=O)C2C1. The standard InChI is InChI=1S/C11H17N3O4S/c1-19-7-9(16)12-2-3-13-8(6-12)10(17)14(4-5-15)11(13)18/h8,15H,2-7H2,1H3. The lowest BCUT2D eigenvalue weighted by molar-refractivity contribution is -0.134. The number of hydrogen-bond acceptors (Lipinski definition) is 5. The Morgan fingerprint density at radius 2 is 2.16 bits per heavy atom. The van der Waals surface area contributed by atoms with Gasteiger partial charge in [0.1, 0.15) is 6.04 Å². The first kappa shape index (κ1) is 14.1. The van der Waals surface area contributed by atoms with Crippen molar-refractivity contribution in [3.8, 4) is 0 Å². The van der Waals surface area contributed by atoms with E-state index in [0.717, 1.165) is 4.90 Å². The number of hydrogen-bond donors (Lipinski definition) is 1. The number of rotatable bonds is 4. The summed E-state index contributed by atoms with van der Waals surface area (Å²) in [7, 11) is 0. The minimum Gasteiger partial charge on any atom is -0.395 e. The molecule has 0 bridgehead atoms. The summed E-state index contributed by atoms with van der Waals surface area (Å²) >= 11 is 1.44. The van der Waals surface area contributed by atoms with Crippen LogP contribution in [0.25, 0.3) is 0 Å². The second kappa shape index (κ2) is 5.79. The molecule has 8 heteroatoms. The Hall–Kier alpha value is -1.28. The lowest BCUT2D eigenvalue weighted by Crippen LogP contribution is -2.55. The van der Waals surface area contributed by atoms with Crippen LogP contribution < -0.4 is 0 Å². The van der Waals surface area contributed by atoms with Crippen LogP contribution in [0.3, 0.4) is 0 Å². The van der Waals surface area contributed by atoms with Gasteiger partial charge >= 0.3 is 6.03 Å². The number of aliphatic hydroxyl groups is 1. The average Bonchev–Trinajstić information content (AvgIpc) is 2.64. The molecule has 0 radical (unpaired) electrons. The summed E-state index contributed by atoms with van der Waals surface area (Å²) < 4.78 is 0. The van der Waals surface area contributed by atoms with E-state index in [1.165, 1.54) is 16.7 Å². The van der Waals surface area contributed by atoms with Crippen molar-refractivity contribution in [2.24, 2.45) is 0 Å². The molecule has 1 unspecified atom stereocenters. The van der Waals surface area contributed by atoms with E-state index in [1.807, 2.05) is 6.26 Å². The number of imide groups is 1. The van der Waals surface area contributed by atoms with Gasteiger partial charge in [-0.2, -0.15) is 11.8 Å². The number of aliphatic hydroxyl groups excluding tert-OH is 1. The van der Waals surface area contributed by atoms with Crippen molar-refractivity contribution in [3.63, 3.8) is 0 Å². The van der Waals surface area contributed by atoms with Crippen molar-refractivity contribution < 1.29 is 19.5 Å². The second-order valence-corrected chi connectivity index (χ2v) is 5.34. The number of nitrogens with zero attached hydrogens (tertiary/aromatic N) is 3. The van der Waals surface area contributed by atoms with Crippen LogP contribution in [-0.4, -0.2) is 88.5 Å². The van der Waals surface area contributed by atoms with Crippen molar-refractivity contribution in [3.05, 3.63) is 0 Å². The van der Waals surface area contributed by atoms with E-state index in [9.17, 15) is 14.4 Å². The van der Waals surface area contributed by atoms with Gasteiger partial charge in [0, 0.05) is 13.1 Å². The highest BCUT2D eigenvalue weighted by atomic mass is 32.2. The van der Waals surface area contributed by atoms with Crippen LogP contribution >= 0.6 is 11.8 Å². The third-order valence-corrected chi connectivity index (χ3v) is 3.89. The van der Waals surface area contributed by atoms with Crippen LogP contribution in [0.4, 0.5) is 4.79 Å². The molecular formula is C11H17N3O4S. The summed E-state index contributed by atoms with van der Waals surface area (Å²) in [5, 5.41) is 8.87. The molecule has 4 amide bonds.